The molecule has 100 valence electrons. The Bertz CT molecular complexity index is 371. The first-order chi connectivity index (χ1) is 8.61. The zero-order valence-corrected chi connectivity index (χ0v) is 12.9. The minimum Gasteiger partial charge on any atom is -0.326 e. The summed E-state index contributed by atoms with van der Waals surface area (Å²) in [6.07, 6.45) is 2.78. The Morgan fingerprint density at radius 1 is 1.33 bits per heavy atom. The number of halogens is 1. The highest BCUT2D eigenvalue weighted by atomic mass is 79.9. The van der Waals surface area contributed by atoms with Gasteiger partial charge in [-0.2, -0.15) is 0 Å². The van der Waals surface area contributed by atoms with Gasteiger partial charge in [0.05, 0.1) is 0 Å². The monoisotopic (exact) mass is 310 g/mol. The third-order valence-corrected chi connectivity index (χ3v) is 4.23. The summed E-state index contributed by atoms with van der Waals surface area (Å²) in [5, 5.41) is 0. The third kappa shape index (κ3) is 3.56. The van der Waals surface area contributed by atoms with Crippen molar-refractivity contribution in [3.05, 3.63) is 34.3 Å². The van der Waals surface area contributed by atoms with Crippen LogP contribution in [0.4, 0.5) is 0 Å². The second-order valence-corrected chi connectivity index (χ2v) is 6.30. The van der Waals surface area contributed by atoms with E-state index in [4.69, 9.17) is 5.73 Å². The van der Waals surface area contributed by atoms with Crippen molar-refractivity contribution in [2.24, 2.45) is 11.7 Å². The van der Waals surface area contributed by atoms with E-state index in [9.17, 15) is 0 Å². The van der Waals surface area contributed by atoms with E-state index in [0.29, 0.717) is 6.04 Å². The van der Waals surface area contributed by atoms with Crippen molar-refractivity contribution in [1.29, 1.82) is 0 Å². The van der Waals surface area contributed by atoms with Crippen LogP contribution in [0.5, 0.6) is 0 Å². The summed E-state index contributed by atoms with van der Waals surface area (Å²) >= 11 is 3.49. The molecule has 2 rings (SSSR count). The van der Waals surface area contributed by atoms with Crippen molar-refractivity contribution >= 4 is 15.9 Å². The Morgan fingerprint density at radius 3 is 2.39 bits per heavy atom. The summed E-state index contributed by atoms with van der Waals surface area (Å²) in [7, 11) is 0. The van der Waals surface area contributed by atoms with Crippen LogP contribution in [0.2, 0.25) is 0 Å². The third-order valence-electron chi connectivity index (χ3n) is 3.70. The van der Waals surface area contributed by atoms with Crippen LogP contribution in [0.15, 0.2) is 28.7 Å². The van der Waals surface area contributed by atoms with E-state index in [0.717, 1.165) is 16.9 Å². The molecule has 0 aliphatic heterocycles. The molecule has 0 amide bonds. The fraction of sp³-hybridized carbons (Fsp3) is 0.600. The topological polar surface area (TPSA) is 29.3 Å². The average Bonchev–Trinajstić information content (AvgIpc) is 3.14. The maximum absolute atomic E-state index is 6.23. The molecule has 1 aliphatic carbocycles. The number of likely N-dealkylation sites (N-methyl/N-ethyl adjacent to an activating group) is 1. The summed E-state index contributed by atoms with van der Waals surface area (Å²) in [6.45, 7) is 6.61. The zero-order chi connectivity index (χ0) is 13.1. The highest BCUT2D eigenvalue weighted by molar-refractivity contribution is 9.10. The standard InChI is InChI=1S/C15H23BrN2/c1-3-18(10-12-4-5-12)15(11(2)17)13-6-8-14(16)9-7-13/h6-9,11-12,15H,3-5,10,17H2,1-2H3. The van der Waals surface area contributed by atoms with E-state index in [2.05, 4.69) is 58.9 Å². The van der Waals surface area contributed by atoms with Crippen molar-refractivity contribution < 1.29 is 0 Å². The normalized spacial score (nSPS) is 18.9. The Balaban J connectivity index is 2.16. The molecule has 0 aromatic heterocycles. The maximum atomic E-state index is 6.23. The SMILES string of the molecule is CCN(CC1CC1)C(c1ccc(Br)cc1)C(C)N. The van der Waals surface area contributed by atoms with Crippen molar-refractivity contribution in [1.82, 2.24) is 4.90 Å². The lowest BCUT2D eigenvalue weighted by molar-refractivity contribution is 0.178. The summed E-state index contributed by atoms with van der Waals surface area (Å²) in [5.41, 5.74) is 7.56. The van der Waals surface area contributed by atoms with Gasteiger partial charge in [0.25, 0.3) is 0 Å². The molecular formula is C15H23BrN2. The molecule has 1 fully saturated rings. The first-order valence-corrected chi connectivity index (χ1v) is 7.66. The Kier molecular flexibility index (Phi) is 4.82. The highest BCUT2D eigenvalue weighted by Crippen LogP contribution is 2.33. The first-order valence-electron chi connectivity index (χ1n) is 6.87. The van der Waals surface area contributed by atoms with Gasteiger partial charge in [-0.1, -0.05) is 35.0 Å². The quantitative estimate of drug-likeness (QED) is 0.870. The van der Waals surface area contributed by atoms with Crippen molar-refractivity contribution in [2.75, 3.05) is 13.1 Å². The number of hydrogen-bond donors (Lipinski definition) is 1. The molecule has 1 saturated carbocycles. The highest BCUT2D eigenvalue weighted by Gasteiger charge is 2.29. The van der Waals surface area contributed by atoms with Crippen molar-refractivity contribution in [2.45, 2.75) is 38.8 Å². The van der Waals surface area contributed by atoms with E-state index < -0.39 is 0 Å². The molecule has 2 nitrogen and oxygen atoms in total. The number of hydrogen-bond acceptors (Lipinski definition) is 2. The minimum absolute atomic E-state index is 0.157. The van der Waals surface area contributed by atoms with Gasteiger partial charge in [-0.3, -0.25) is 4.90 Å². The van der Waals surface area contributed by atoms with E-state index in [1.807, 2.05) is 0 Å². The lowest BCUT2D eigenvalue weighted by Crippen LogP contribution is -2.40. The molecule has 1 aromatic rings. The predicted octanol–water partition coefficient (Wildman–Crippen LogP) is 3.57. The lowest BCUT2D eigenvalue weighted by Gasteiger charge is -2.34. The van der Waals surface area contributed by atoms with Gasteiger partial charge in [-0.05, 0) is 49.9 Å². The van der Waals surface area contributed by atoms with Crippen LogP contribution >= 0.6 is 15.9 Å². The molecule has 2 unspecified atom stereocenters. The predicted molar refractivity (Wildman–Crippen MR) is 80.5 cm³/mol. The van der Waals surface area contributed by atoms with Gasteiger partial charge in [-0.15, -0.1) is 0 Å². The molecule has 0 radical (unpaired) electrons. The van der Waals surface area contributed by atoms with E-state index in [-0.39, 0.29) is 6.04 Å². The molecule has 0 heterocycles. The molecule has 1 aromatic carbocycles. The van der Waals surface area contributed by atoms with Gasteiger partial charge in [0.2, 0.25) is 0 Å². The van der Waals surface area contributed by atoms with Crippen LogP contribution in [0.25, 0.3) is 0 Å². The molecule has 18 heavy (non-hydrogen) atoms. The molecule has 0 bridgehead atoms. The van der Waals surface area contributed by atoms with Crippen molar-refractivity contribution in [3.8, 4) is 0 Å². The molecule has 3 heteroatoms. The summed E-state index contributed by atoms with van der Waals surface area (Å²) in [5.74, 6) is 0.904. The Hall–Kier alpha value is -0.380. The largest absolute Gasteiger partial charge is 0.326 e. The molecule has 0 saturated heterocycles. The van der Waals surface area contributed by atoms with Crippen molar-refractivity contribution in [3.63, 3.8) is 0 Å². The van der Waals surface area contributed by atoms with Gasteiger partial charge in [-0.25, -0.2) is 0 Å². The van der Waals surface area contributed by atoms with E-state index >= 15 is 0 Å². The Morgan fingerprint density at radius 2 is 1.94 bits per heavy atom. The number of benzene rings is 1. The van der Waals surface area contributed by atoms with Gasteiger partial charge < -0.3 is 5.73 Å². The molecule has 2 N–H and O–H groups in total. The van der Waals surface area contributed by atoms with Gasteiger partial charge in [0.1, 0.15) is 0 Å². The summed E-state index contributed by atoms with van der Waals surface area (Å²) in [6, 6.07) is 9.08. The van der Waals surface area contributed by atoms with Crippen LogP contribution in [-0.2, 0) is 0 Å². The molecular weight excluding hydrogens is 288 g/mol. The lowest BCUT2D eigenvalue weighted by atomic mass is 9.99. The second-order valence-electron chi connectivity index (χ2n) is 5.39. The number of nitrogens with two attached hydrogens (primary N) is 1. The molecule has 0 spiro atoms. The fourth-order valence-corrected chi connectivity index (χ4v) is 2.84. The maximum Gasteiger partial charge on any atom is 0.0496 e. The van der Waals surface area contributed by atoms with Crippen LogP contribution < -0.4 is 5.73 Å². The molecule has 2 atom stereocenters. The smallest absolute Gasteiger partial charge is 0.0496 e. The minimum atomic E-state index is 0.157. The van der Waals surface area contributed by atoms with E-state index in [1.54, 1.807) is 0 Å². The van der Waals surface area contributed by atoms with Gasteiger partial charge >= 0.3 is 0 Å². The number of nitrogens with zero attached hydrogens (tertiary/aromatic N) is 1. The van der Waals surface area contributed by atoms with Crippen LogP contribution in [-0.4, -0.2) is 24.0 Å². The van der Waals surface area contributed by atoms with E-state index in [1.165, 1.54) is 24.9 Å². The average molecular weight is 311 g/mol. The first kappa shape index (κ1) is 14.0. The number of rotatable bonds is 6. The second kappa shape index (κ2) is 6.18. The molecule has 1 aliphatic rings. The van der Waals surface area contributed by atoms with Gasteiger partial charge in [0, 0.05) is 23.1 Å². The van der Waals surface area contributed by atoms with Crippen LogP contribution in [0, 0.1) is 5.92 Å². The van der Waals surface area contributed by atoms with Crippen LogP contribution in [0.1, 0.15) is 38.3 Å². The summed E-state index contributed by atoms with van der Waals surface area (Å²) < 4.78 is 1.12. The Labute approximate surface area is 119 Å². The summed E-state index contributed by atoms with van der Waals surface area (Å²) in [4.78, 5) is 2.53. The zero-order valence-electron chi connectivity index (χ0n) is 11.3. The van der Waals surface area contributed by atoms with Crippen LogP contribution in [0.3, 0.4) is 0 Å². The fourth-order valence-electron chi connectivity index (χ4n) is 2.58. The van der Waals surface area contributed by atoms with Gasteiger partial charge in [0.15, 0.2) is 0 Å².